The molecule has 1 nitrogen and oxygen atoms in total. The van der Waals surface area contributed by atoms with Crippen LogP contribution in [0.3, 0.4) is 0 Å². The molecule has 0 fully saturated rings. The van der Waals surface area contributed by atoms with Crippen molar-refractivity contribution in [2.45, 2.75) is 26.7 Å². The molecule has 0 amide bonds. The van der Waals surface area contributed by atoms with Crippen molar-refractivity contribution in [2.24, 2.45) is 4.99 Å². The molecule has 0 radical (unpaired) electrons. The van der Waals surface area contributed by atoms with Crippen molar-refractivity contribution in [1.82, 2.24) is 0 Å². The van der Waals surface area contributed by atoms with E-state index in [2.05, 4.69) is 43.6 Å². The Labute approximate surface area is 84.5 Å². The Hall–Kier alpha value is -1.37. The van der Waals surface area contributed by atoms with Crippen LogP contribution < -0.4 is 10.6 Å². The van der Waals surface area contributed by atoms with E-state index in [9.17, 15) is 0 Å². The van der Waals surface area contributed by atoms with Gasteiger partial charge in [0.05, 0.1) is 11.1 Å². The molecule has 1 heteroatoms. The maximum Gasteiger partial charge on any atom is 0.0715 e. The number of aryl methyl sites for hydroxylation is 1. The lowest BCUT2D eigenvalue weighted by Gasteiger charge is -2.00. The van der Waals surface area contributed by atoms with Crippen molar-refractivity contribution in [3.05, 3.63) is 46.6 Å². The molecule has 0 N–H and O–H groups in total. The maximum absolute atomic E-state index is 4.48. The fourth-order valence-electron chi connectivity index (χ4n) is 2.06. The van der Waals surface area contributed by atoms with Crippen LogP contribution in [0.15, 0.2) is 35.5 Å². The van der Waals surface area contributed by atoms with Crippen molar-refractivity contribution in [3.8, 4) is 0 Å². The molecule has 1 aliphatic rings. The van der Waals surface area contributed by atoms with Gasteiger partial charge in [-0.3, -0.25) is 0 Å². The minimum Gasteiger partial charge on any atom is -0.249 e. The number of allylic oxidation sites excluding steroid dienone is 1. The summed E-state index contributed by atoms with van der Waals surface area (Å²) in [7, 11) is 0. The summed E-state index contributed by atoms with van der Waals surface area (Å²) in [5.74, 6) is 0. The fourth-order valence-corrected chi connectivity index (χ4v) is 2.06. The van der Waals surface area contributed by atoms with E-state index >= 15 is 0 Å². The summed E-state index contributed by atoms with van der Waals surface area (Å²) < 4.78 is 0. The molecule has 1 heterocycles. The third-order valence-electron chi connectivity index (χ3n) is 2.77. The van der Waals surface area contributed by atoms with Crippen LogP contribution >= 0.6 is 0 Å². The smallest absolute Gasteiger partial charge is 0.0715 e. The van der Waals surface area contributed by atoms with Crippen LogP contribution in [0.1, 0.15) is 25.8 Å². The van der Waals surface area contributed by atoms with Crippen molar-refractivity contribution < 1.29 is 0 Å². The van der Waals surface area contributed by atoms with Gasteiger partial charge in [-0.15, -0.1) is 0 Å². The number of rotatable bonds is 2. The highest BCUT2D eigenvalue weighted by atomic mass is 14.8. The second-order valence-corrected chi connectivity index (χ2v) is 3.56. The van der Waals surface area contributed by atoms with Crippen LogP contribution in [0.25, 0.3) is 5.57 Å². The summed E-state index contributed by atoms with van der Waals surface area (Å²) in [5, 5.41) is 2.44. The van der Waals surface area contributed by atoms with E-state index in [1.807, 2.05) is 0 Å². The Morgan fingerprint density at radius 3 is 2.64 bits per heavy atom. The Kier molecular flexibility index (Phi) is 2.24. The summed E-state index contributed by atoms with van der Waals surface area (Å²) in [6.07, 6.45) is 2.09. The van der Waals surface area contributed by atoms with Gasteiger partial charge in [0.1, 0.15) is 0 Å². The molecule has 1 aliphatic heterocycles. The van der Waals surface area contributed by atoms with E-state index in [-0.39, 0.29) is 0 Å². The minimum absolute atomic E-state index is 0.948. The van der Waals surface area contributed by atoms with Gasteiger partial charge in [0, 0.05) is 5.22 Å². The molecular formula is C13H15N. The number of hydrogen-bond donors (Lipinski definition) is 0. The van der Waals surface area contributed by atoms with Crippen molar-refractivity contribution in [1.29, 1.82) is 0 Å². The number of nitrogens with zero attached hydrogens (tertiary/aromatic N) is 1. The van der Waals surface area contributed by atoms with E-state index in [1.54, 1.807) is 0 Å². The molecule has 0 saturated heterocycles. The summed E-state index contributed by atoms with van der Waals surface area (Å²) in [4.78, 5) is 4.48. The van der Waals surface area contributed by atoms with Crippen LogP contribution in [0.2, 0.25) is 0 Å². The predicted molar refractivity (Wildman–Crippen MR) is 59.4 cm³/mol. The molecule has 0 aliphatic carbocycles. The number of hydrogen-bond acceptors (Lipinski definition) is 1. The lowest BCUT2D eigenvalue weighted by atomic mass is 10.0. The molecule has 0 saturated carbocycles. The monoisotopic (exact) mass is 185 g/mol. The SMILES string of the molecule is C=C1N=c2cccc(CC)c2=C1CC. The molecule has 0 atom stereocenters. The predicted octanol–water partition coefficient (Wildman–Crippen LogP) is 1.96. The van der Waals surface area contributed by atoms with Crippen LogP contribution in [0, 0.1) is 0 Å². The van der Waals surface area contributed by atoms with Crippen LogP contribution in [0.5, 0.6) is 0 Å². The molecule has 2 rings (SSSR count). The van der Waals surface area contributed by atoms with Gasteiger partial charge in [0.25, 0.3) is 0 Å². The van der Waals surface area contributed by atoms with Gasteiger partial charge in [-0.1, -0.05) is 32.6 Å². The molecule has 14 heavy (non-hydrogen) atoms. The second kappa shape index (κ2) is 3.41. The third kappa shape index (κ3) is 1.20. The summed E-state index contributed by atoms with van der Waals surface area (Å²) in [6.45, 7) is 8.34. The zero-order chi connectivity index (χ0) is 10.1. The highest BCUT2D eigenvalue weighted by Gasteiger charge is 2.10. The molecule has 1 aromatic carbocycles. The van der Waals surface area contributed by atoms with Crippen LogP contribution in [-0.4, -0.2) is 0 Å². The van der Waals surface area contributed by atoms with E-state index in [4.69, 9.17) is 0 Å². The Morgan fingerprint density at radius 1 is 1.21 bits per heavy atom. The molecule has 0 aromatic heterocycles. The van der Waals surface area contributed by atoms with Gasteiger partial charge in [0.2, 0.25) is 0 Å². The van der Waals surface area contributed by atoms with E-state index < -0.39 is 0 Å². The standard InChI is InChI=1S/C13H15N/c1-4-10-7-6-8-12-13(10)11(5-2)9(3)14-12/h6-8H,3-5H2,1-2H3. The number of fused-ring (bicyclic) bond motifs is 1. The first-order valence-corrected chi connectivity index (χ1v) is 5.17. The highest BCUT2D eigenvalue weighted by molar-refractivity contribution is 5.65. The Morgan fingerprint density at radius 2 is 2.00 bits per heavy atom. The number of benzene rings is 1. The van der Waals surface area contributed by atoms with Gasteiger partial charge in [-0.25, -0.2) is 4.99 Å². The van der Waals surface area contributed by atoms with Crippen molar-refractivity contribution in [2.75, 3.05) is 0 Å². The first kappa shape index (κ1) is 9.20. The lowest BCUT2D eigenvalue weighted by Crippen LogP contribution is -2.26. The second-order valence-electron chi connectivity index (χ2n) is 3.56. The summed E-state index contributed by atoms with van der Waals surface area (Å²) in [6, 6.07) is 6.33. The van der Waals surface area contributed by atoms with Crippen LogP contribution in [-0.2, 0) is 6.42 Å². The lowest BCUT2D eigenvalue weighted by molar-refractivity contribution is 1.10. The average molecular weight is 185 g/mol. The Balaban J connectivity index is 2.88. The molecular weight excluding hydrogens is 170 g/mol. The molecule has 0 spiro atoms. The summed E-state index contributed by atoms with van der Waals surface area (Å²) >= 11 is 0. The van der Waals surface area contributed by atoms with Gasteiger partial charge in [0.15, 0.2) is 0 Å². The largest absolute Gasteiger partial charge is 0.249 e. The van der Waals surface area contributed by atoms with Crippen LogP contribution in [0.4, 0.5) is 0 Å². The topological polar surface area (TPSA) is 12.4 Å². The molecule has 0 unspecified atom stereocenters. The van der Waals surface area contributed by atoms with Crippen molar-refractivity contribution >= 4 is 5.57 Å². The van der Waals surface area contributed by atoms with E-state index in [0.717, 1.165) is 23.9 Å². The molecule has 0 bridgehead atoms. The zero-order valence-corrected chi connectivity index (χ0v) is 8.80. The zero-order valence-electron chi connectivity index (χ0n) is 8.80. The third-order valence-corrected chi connectivity index (χ3v) is 2.77. The summed E-state index contributed by atoms with van der Waals surface area (Å²) in [5.41, 5.74) is 3.66. The Bertz CT molecular complexity index is 494. The quantitative estimate of drug-likeness (QED) is 0.668. The fraction of sp³-hybridized carbons (Fsp3) is 0.308. The maximum atomic E-state index is 4.48. The van der Waals surface area contributed by atoms with Crippen molar-refractivity contribution in [3.63, 3.8) is 0 Å². The van der Waals surface area contributed by atoms with Gasteiger partial charge in [-0.05, 0) is 30.0 Å². The van der Waals surface area contributed by atoms with E-state index in [0.29, 0.717) is 0 Å². The molecule has 1 aromatic rings. The van der Waals surface area contributed by atoms with Gasteiger partial charge < -0.3 is 0 Å². The van der Waals surface area contributed by atoms with E-state index in [1.165, 1.54) is 16.4 Å². The van der Waals surface area contributed by atoms with Gasteiger partial charge >= 0.3 is 0 Å². The normalized spacial score (nSPS) is 14.1. The highest BCUT2D eigenvalue weighted by Crippen LogP contribution is 2.15. The average Bonchev–Trinajstić information content (AvgIpc) is 2.52. The minimum atomic E-state index is 0.948. The van der Waals surface area contributed by atoms with Gasteiger partial charge in [-0.2, -0.15) is 0 Å². The molecule has 72 valence electrons. The first-order valence-electron chi connectivity index (χ1n) is 5.17. The first-order chi connectivity index (χ1) is 6.77.